The molecule has 2 unspecified atom stereocenters. The summed E-state index contributed by atoms with van der Waals surface area (Å²) in [5.41, 5.74) is 5.62. The fourth-order valence-corrected chi connectivity index (χ4v) is 4.48. The molecule has 0 aliphatic carbocycles. The maximum atomic E-state index is 12.4. The number of hydrogen-bond donors (Lipinski definition) is 1. The van der Waals surface area contributed by atoms with Gasteiger partial charge in [-0.3, -0.25) is 4.79 Å². The highest BCUT2D eigenvalue weighted by Crippen LogP contribution is 2.21. The summed E-state index contributed by atoms with van der Waals surface area (Å²) in [5.74, 6) is -0.488. The standard InChI is InChI=1S/C15H21BrN2O3S/c1-11(15(19)18-7-6-12(8-17)9-18)10-22(20,21)14-4-2-13(16)3-5-14/h2-5,11-12H,6-10,17H2,1H3. The molecule has 0 saturated carbocycles. The van der Waals surface area contributed by atoms with Gasteiger partial charge in [0.2, 0.25) is 5.91 Å². The van der Waals surface area contributed by atoms with Gasteiger partial charge in [0.25, 0.3) is 0 Å². The first kappa shape index (κ1) is 17.4. The topological polar surface area (TPSA) is 80.5 Å². The predicted molar refractivity (Wildman–Crippen MR) is 89.1 cm³/mol. The Hall–Kier alpha value is -0.920. The van der Waals surface area contributed by atoms with Gasteiger partial charge in [-0.15, -0.1) is 0 Å². The number of carbonyl (C=O) groups excluding carboxylic acids is 1. The summed E-state index contributed by atoms with van der Waals surface area (Å²) in [7, 11) is -3.46. The summed E-state index contributed by atoms with van der Waals surface area (Å²) in [6, 6.07) is 6.48. The van der Waals surface area contributed by atoms with Gasteiger partial charge >= 0.3 is 0 Å². The SMILES string of the molecule is CC(CS(=O)(=O)c1ccc(Br)cc1)C(=O)N1CCC(CN)C1. The number of benzene rings is 1. The van der Waals surface area contributed by atoms with Crippen molar-refractivity contribution in [3.05, 3.63) is 28.7 Å². The molecule has 0 aromatic heterocycles. The van der Waals surface area contributed by atoms with Crippen LogP contribution < -0.4 is 5.73 Å². The number of sulfone groups is 1. The molecule has 2 rings (SSSR count). The van der Waals surface area contributed by atoms with E-state index in [1.807, 2.05) is 0 Å². The highest BCUT2D eigenvalue weighted by molar-refractivity contribution is 9.10. The third-order valence-electron chi connectivity index (χ3n) is 3.99. The summed E-state index contributed by atoms with van der Waals surface area (Å²) in [4.78, 5) is 14.4. The van der Waals surface area contributed by atoms with E-state index in [0.717, 1.165) is 10.9 Å². The second kappa shape index (κ2) is 7.10. The molecule has 122 valence electrons. The second-order valence-corrected chi connectivity index (χ2v) is 8.76. The van der Waals surface area contributed by atoms with Crippen LogP contribution in [0.4, 0.5) is 0 Å². The number of halogens is 1. The number of nitrogens with zero attached hydrogens (tertiary/aromatic N) is 1. The van der Waals surface area contributed by atoms with Gasteiger partial charge in [-0.1, -0.05) is 22.9 Å². The maximum Gasteiger partial charge on any atom is 0.226 e. The largest absolute Gasteiger partial charge is 0.342 e. The minimum atomic E-state index is -3.46. The molecule has 1 aromatic rings. The van der Waals surface area contributed by atoms with Crippen molar-refractivity contribution in [1.29, 1.82) is 0 Å². The lowest BCUT2D eigenvalue weighted by molar-refractivity contribution is -0.133. The molecule has 1 aromatic carbocycles. The van der Waals surface area contributed by atoms with E-state index < -0.39 is 15.8 Å². The Morgan fingerprint density at radius 2 is 2.05 bits per heavy atom. The Bertz CT molecular complexity index is 631. The van der Waals surface area contributed by atoms with Crippen LogP contribution in [0.1, 0.15) is 13.3 Å². The Kier molecular flexibility index (Phi) is 5.63. The van der Waals surface area contributed by atoms with Crippen LogP contribution in [0, 0.1) is 11.8 Å². The van der Waals surface area contributed by atoms with Gasteiger partial charge in [0.1, 0.15) is 0 Å². The van der Waals surface area contributed by atoms with Crippen molar-refractivity contribution in [1.82, 2.24) is 4.90 Å². The van der Waals surface area contributed by atoms with Crippen molar-refractivity contribution in [2.24, 2.45) is 17.6 Å². The fourth-order valence-electron chi connectivity index (χ4n) is 2.68. The lowest BCUT2D eigenvalue weighted by Crippen LogP contribution is -2.36. The number of hydrogen-bond acceptors (Lipinski definition) is 4. The van der Waals surface area contributed by atoms with Crippen molar-refractivity contribution in [3.63, 3.8) is 0 Å². The van der Waals surface area contributed by atoms with Crippen molar-refractivity contribution >= 4 is 31.7 Å². The Labute approximate surface area is 139 Å². The van der Waals surface area contributed by atoms with Gasteiger partial charge in [0.05, 0.1) is 10.6 Å². The van der Waals surface area contributed by atoms with Gasteiger partial charge in [0.15, 0.2) is 9.84 Å². The first-order valence-corrected chi connectivity index (χ1v) is 9.75. The fraction of sp³-hybridized carbons (Fsp3) is 0.533. The third kappa shape index (κ3) is 4.08. The number of carbonyl (C=O) groups is 1. The normalized spacial score (nSPS) is 20.1. The van der Waals surface area contributed by atoms with E-state index in [0.29, 0.717) is 25.6 Å². The molecule has 1 heterocycles. The minimum absolute atomic E-state index is 0.100. The van der Waals surface area contributed by atoms with Crippen molar-refractivity contribution in [2.45, 2.75) is 18.2 Å². The van der Waals surface area contributed by atoms with E-state index >= 15 is 0 Å². The van der Waals surface area contributed by atoms with E-state index in [1.54, 1.807) is 36.1 Å². The molecule has 2 atom stereocenters. The summed E-state index contributed by atoms with van der Waals surface area (Å²) < 4.78 is 25.6. The zero-order valence-electron chi connectivity index (χ0n) is 12.5. The first-order chi connectivity index (χ1) is 10.3. The summed E-state index contributed by atoms with van der Waals surface area (Å²) in [5, 5.41) is 0. The van der Waals surface area contributed by atoms with Crippen molar-refractivity contribution in [2.75, 3.05) is 25.4 Å². The lowest BCUT2D eigenvalue weighted by Gasteiger charge is -2.21. The maximum absolute atomic E-state index is 12.4. The van der Waals surface area contributed by atoms with Gasteiger partial charge in [-0.25, -0.2) is 8.42 Å². The molecule has 22 heavy (non-hydrogen) atoms. The lowest BCUT2D eigenvalue weighted by atomic mass is 10.1. The molecule has 1 amide bonds. The van der Waals surface area contributed by atoms with E-state index in [1.165, 1.54) is 0 Å². The highest BCUT2D eigenvalue weighted by atomic mass is 79.9. The molecule has 0 bridgehead atoms. The molecule has 2 N–H and O–H groups in total. The average molecular weight is 389 g/mol. The molecule has 1 aliphatic heterocycles. The van der Waals surface area contributed by atoms with Gasteiger partial charge in [-0.05, 0) is 43.1 Å². The van der Waals surface area contributed by atoms with Crippen LogP contribution in [0.15, 0.2) is 33.6 Å². The van der Waals surface area contributed by atoms with E-state index in [9.17, 15) is 13.2 Å². The van der Waals surface area contributed by atoms with Crippen LogP contribution in [0.25, 0.3) is 0 Å². The summed E-state index contributed by atoms with van der Waals surface area (Å²) in [6.07, 6.45) is 0.897. The van der Waals surface area contributed by atoms with E-state index in [4.69, 9.17) is 5.73 Å². The zero-order valence-corrected chi connectivity index (χ0v) is 14.9. The van der Waals surface area contributed by atoms with Crippen LogP contribution >= 0.6 is 15.9 Å². The van der Waals surface area contributed by atoms with Crippen LogP contribution in [-0.2, 0) is 14.6 Å². The molecule has 5 nitrogen and oxygen atoms in total. The number of likely N-dealkylation sites (tertiary alicyclic amines) is 1. The average Bonchev–Trinajstić information content (AvgIpc) is 2.95. The van der Waals surface area contributed by atoms with Crippen molar-refractivity contribution in [3.8, 4) is 0 Å². The van der Waals surface area contributed by atoms with E-state index in [-0.39, 0.29) is 16.6 Å². The quantitative estimate of drug-likeness (QED) is 0.831. The van der Waals surface area contributed by atoms with Crippen LogP contribution in [0.5, 0.6) is 0 Å². The minimum Gasteiger partial charge on any atom is -0.342 e. The molecule has 7 heteroatoms. The molecule has 1 aliphatic rings. The van der Waals surface area contributed by atoms with Crippen molar-refractivity contribution < 1.29 is 13.2 Å². The van der Waals surface area contributed by atoms with Gasteiger partial charge in [-0.2, -0.15) is 0 Å². The highest BCUT2D eigenvalue weighted by Gasteiger charge is 2.31. The molecular weight excluding hydrogens is 368 g/mol. The monoisotopic (exact) mass is 388 g/mol. The third-order valence-corrected chi connectivity index (χ3v) is 6.45. The molecule has 0 radical (unpaired) electrons. The molecule has 1 fully saturated rings. The van der Waals surface area contributed by atoms with Crippen LogP contribution in [0.2, 0.25) is 0 Å². The Morgan fingerprint density at radius 3 is 2.59 bits per heavy atom. The smallest absolute Gasteiger partial charge is 0.226 e. The first-order valence-electron chi connectivity index (χ1n) is 7.30. The van der Waals surface area contributed by atoms with E-state index in [2.05, 4.69) is 15.9 Å². The van der Waals surface area contributed by atoms with Gasteiger partial charge < -0.3 is 10.6 Å². The molecule has 0 spiro atoms. The number of nitrogens with two attached hydrogens (primary N) is 1. The predicted octanol–water partition coefficient (Wildman–Crippen LogP) is 1.67. The number of amides is 1. The van der Waals surface area contributed by atoms with Gasteiger partial charge in [0, 0.05) is 23.5 Å². The Balaban J connectivity index is 2.03. The summed E-state index contributed by atoms with van der Waals surface area (Å²) in [6.45, 7) is 3.55. The molecule has 1 saturated heterocycles. The molecular formula is C15H21BrN2O3S. The zero-order chi connectivity index (χ0) is 16.3. The second-order valence-electron chi connectivity index (χ2n) is 5.81. The summed E-state index contributed by atoms with van der Waals surface area (Å²) >= 11 is 3.28. The van der Waals surface area contributed by atoms with Crippen LogP contribution in [-0.4, -0.2) is 44.6 Å². The number of rotatable bonds is 5. The van der Waals surface area contributed by atoms with Crippen LogP contribution in [0.3, 0.4) is 0 Å². The Morgan fingerprint density at radius 1 is 1.41 bits per heavy atom.